The summed E-state index contributed by atoms with van der Waals surface area (Å²) in [5.41, 5.74) is 7.75. The Bertz CT molecular complexity index is 884. The fourth-order valence-corrected chi connectivity index (χ4v) is 3.49. The first kappa shape index (κ1) is 17.7. The molecule has 1 aliphatic rings. The minimum atomic E-state index is 0.472. The van der Waals surface area contributed by atoms with E-state index in [9.17, 15) is 0 Å². The van der Waals surface area contributed by atoms with Crippen LogP contribution in [-0.2, 0) is 10.5 Å². The number of hydrogen-bond acceptors (Lipinski definition) is 8. The second-order valence-corrected chi connectivity index (χ2v) is 7.03. The maximum Gasteiger partial charge on any atom is 0.230 e. The van der Waals surface area contributed by atoms with Crippen molar-refractivity contribution in [3.8, 4) is 11.4 Å². The fraction of sp³-hybridized carbons (Fsp3) is 0.263. The molecule has 7 nitrogen and oxygen atoms in total. The maximum absolute atomic E-state index is 5.70. The van der Waals surface area contributed by atoms with E-state index in [1.54, 1.807) is 24.0 Å². The molecular weight excluding hydrogens is 360 g/mol. The van der Waals surface area contributed by atoms with E-state index in [1.807, 2.05) is 24.3 Å². The van der Waals surface area contributed by atoms with Gasteiger partial charge in [0.2, 0.25) is 5.95 Å². The number of pyridine rings is 1. The molecule has 0 unspecified atom stereocenters. The molecule has 0 radical (unpaired) electrons. The van der Waals surface area contributed by atoms with Crippen molar-refractivity contribution in [2.24, 2.45) is 0 Å². The molecule has 0 bridgehead atoms. The van der Waals surface area contributed by atoms with Crippen molar-refractivity contribution in [1.82, 2.24) is 19.9 Å². The number of anilines is 2. The highest BCUT2D eigenvalue weighted by Gasteiger charge is 2.17. The SMILES string of the molecule is Nc1ccc(-c2nc(SCc3ccccc3)nc(N3CCOCC3)n2)cn1. The average Bonchev–Trinajstić information content (AvgIpc) is 2.74. The van der Waals surface area contributed by atoms with E-state index in [2.05, 4.69) is 37.0 Å². The smallest absolute Gasteiger partial charge is 0.230 e. The standard InChI is InChI=1S/C19H20N6OS/c20-16-7-6-15(12-21-16)17-22-18(25-8-10-26-11-9-25)24-19(23-17)27-13-14-4-2-1-3-5-14/h1-7,12H,8-11,13H2,(H2,20,21). The maximum atomic E-state index is 5.70. The van der Waals surface area contributed by atoms with Crippen LogP contribution in [0.25, 0.3) is 11.4 Å². The number of morpholine rings is 1. The van der Waals surface area contributed by atoms with Gasteiger partial charge in [-0.3, -0.25) is 0 Å². The van der Waals surface area contributed by atoms with Gasteiger partial charge in [-0.15, -0.1) is 0 Å². The Labute approximate surface area is 162 Å². The topological polar surface area (TPSA) is 90.0 Å². The van der Waals surface area contributed by atoms with E-state index < -0.39 is 0 Å². The first-order valence-corrected chi connectivity index (χ1v) is 9.74. The number of nitrogens with two attached hydrogens (primary N) is 1. The minimum absolute atomic E-state index is 0.472. The molecule has 0 atom stereocenters. The predicted octanol–water partition coefficient (Wildman–Crippen LogP) is 2.64. The lowest BCUT2D eigenvalue weighted by atomic mass is 10.2. The molecule has 1 fully saturated rings. The van der Waals surface area contributed by atoms with Gasteiger partial charge in [0.05, 0.1) is 13.2 Å². The summed E-state index contributed by atoms with van der Waals surface area (Å²) in [7, 11) is 0. The molecule has 0 spiro atoms. The zero-order chi connectivity index (χ0) is 18.5. The van der Waals surface area contributed by atoms with E-state index in [-0.39, 0.29) is 0 Å². The fourth-order valence-electron chi connectivity index (χ4n) is 2.70. The van der Waals surface area contributed by atoms with Gasteiger partial charge in [-0.2, -0.15) is 9.97 Å². The Morgan fingerprint density at radius 2 is 1.81 bits per heavy atom. The molecule has 2 N–H and O–H groups in total. The van der Waals surface area contributed by atoms with Crippen LogP contribution in [0.5, 0.6) is 0 Å². The van der Waals surface area contributed by atoms with Gasteiger partial charge < -0.3 is 15.4 Å². The van der Waals surface area contributed by atoms with Gasteiger partial charge in [0.1, 0.15) is 5.82 Å². The molecule has 0 amide bonds. The number of nitrogen functional groups attached to an aromatic ring is 1. The second-order valence-electron chi connectivity index (χ2n) is 6.09. The molecule has 3 aromatic rings. The van der Waals surface area contributed by atoms with Crippen LogP contribution >= 0.6 is 11.8 Å². The lowest BCUT2D eigenvalue weighted by molar-refractivity contribution is 0.122. The Morgan fingerprint density at radius 1 is 1.00 bits per heavy atom. The summed E-state index contributed by atoms with van der Waals surface area (Å²) in [6.45, 7) is 2.90. The van der Waals surface area contributed by atoms with Crippen LogP contribution in [-0.4, -0.2) is 46.2 Å². The number of hydrogen-bond donors (Lipinski definition) is 1. The van der Waals surface area contributed by atoms with E-state index in [1.165, 1.54) is 5.56 Å². The van der Waals surface area contributed by atoms with E-state index in [4.69, 9.17) is 10.5 Å². The van der Waals surface area contributed by atoms with Crippen LogP contribution in [0.2, 0.25) is 0 Å². The molecule has 1 aliphatic heterocycles. The van der Waals surface area contributed by atoms with E-state index >= 15 is 0 Å². The second kappa shape index (κ2) is 8.32. The quantitative estimate of drug-likeness (QED) is 0.676. The number of benzene rings is 1. The van der Waals surface area contributed by atoms with Crippen molar-refractivity contribution >= 4 is 23.5 Å². The van der Waals surface area contributed by atoms with Crippen molar-refractivity contribution in [2.45, 2.75) is 10.9 Å². The third-order valence-corrected chi connectivity index (χ3v) is 5.07. The van der Waals surface area contributed by atoms with Gasteiger partial charge in [-0.1, -0.05) is 42.1 Å². The molecular formula is C19H20N6OS. The van der Waals surface area contributed by atoms with Crippen LogP contribution in [0.15, 0.2) is 53.8 Å². The van der Waals surface area contributed by atoms with Crippen LogP contribution in [0.4, 0.5) is 11.8 Å². The Hall–Kier alpha value is -2.71. The molecule has 8 heteroatoms. The summed E-state index contributed by atoms with van der Waals surface area (Å²) in [5, 5.41) is 0.696. The first-order chi connectivity index (χ1) is 13.3. The molecule has 2 aromatic heterocycles. The largest absolute Gasteiger partial charge is 0.384 e. The number of nitrogens with zero attached hydrogens (tertiary/aromatic N) is 5. The Balaban J connectivity index is 1.64. The monoisotopic (exact) mass is 380 g/mol. The molecule has 4 rings (SSSR count). The van der Waals surface area contributed by atoms with Gasteiger partial charge >= 0.3 is 0 Å². The van der Waals surface area contributed by atoms with Crippen LogP contribution in [0.1, 0.15) is 5.56 Å². The van der Waals surface area contributed by atoms with Crippen LogP contribution in [0, 0.1) is 0 Å². The first-order valence-electron chi connectivity index (χ1n) is 8.75. The summed E-state index contributed by atoms with van der Waals surface area (Å²) in [5.74, 6) is 2.55. The number of aromatic nitrogens is 4. The van der Waals surface area contributed by atoms with Gasteiger partial charge in [0.15, 0.2) is 11.0 Å². The molecule has 1 saturated heterocycles. The zero-order valence-corrected chi connectivity index (χ0v) is 15.6. The Morgan fingerprint density at radius 3 is 2.56 bits per heavy atom. The highest BCUT2D eigenvalue weighted by molar-refractivity contribution is 7.98. The van der Waals surface area contributed by atoms with E-state index in [0.29, 0.717) is 36.0 Å². The normalized spacial score (nSPS) is 14.3. The van der Waals surface area contributed by atoms with Gasteiger partial charge in [0.25, 0.3) is 0 Å². The van der Waals surface area contributed by atoms with Crippen LogP contribution in [0.3, 0.4) is 0 Å². The third-order valence-electron chi connectivity index (χ3n) is 4.15. The van der Waals surface area contributed by atoms with E-state index in [0.717, 1.165) is 24.4 Å². The van der Waals surface area contributed by atoms with Crippen LogP contribution < -0.4 is 10.6 Å². The van der Waals surface area contributed by atoms with Gasteiger partial charge in [0, 0.05) is 30.6 Å². The molecule has 0 saturated carbocycles. The summed E-state index contributed by atoms with van der Waals surface area (Å²) < 4.78 is 5.44. The highest BCUT2D eigenvalue weighted by Crippen LogP contribution is 2.25. The van der Waals surface area contributed by atoms with Gasteiger partial charge in [-0.25, -0.2) is 9.97 Å². The lowest BCUT2D eigenvalue weighted by Gasteiger charge is -2.27. The number of rotatable bonds is 5. The summed E-state index contributed by atoms with van der Waals surface area (Å²) in [4.78, 5) is 20.3. The average molecular weight is 380 g/mol. The van der Waals surface area contributed by atoms with Crippen molar-refractivity contribution in [3.05, 3.63) is 54.2 Å². The summed E-state index contributed by atoms with van der Waals surface area (Å²) >= 11 is 1.60. The minimum Gasteiger partial charge on any atom is -0.384 e. The number of thioether (sulfide) groups is 1. The molecule has 0 aliphatic carbocycles. The summed E-state index contributed by atoms with van der Waals surface area (Å²) in [6.07, 6.45) is 1.69. The van der Waals surface area contributed by atoms with Crippen molar-refractivity contribution < 1.29 is 4.74 Å². The van der Waals surface area contributed by atoms with Gasteiger partial charge in [-0.05, 0) is 17.7 Å². The zero-order valence-electron chi connectivity index (χ0n) is 14.8. The molecule has 1 aromatic carbocycles. The van der Waals surface area contributed by atoms with Crippen molar-refractivity contribution in [3.63, 3.8) is 0 Å². The lowest BCUT2D eigenvalue weighted by Crippen LogP contribution is -2.37. The highest BCUT2D eigenvalue weighted by atomic mass is 32.2. The molecule has 3 heterocycles. The Kier molecular flexibility index (Phi) is 5.45. The van der Waals surface area contributed by atoms with Crippen molar-refractivity contribution in [2.75, 3.05) is 36.9 Å². The molecule has 27 heavy (non-hydrogen) atoms. The molecule has 138 valence electrons. The summed E-state index contributed by atoms with van der Waals surface area (Å²) in [6, 6.07) is 13.9. The predicted molar refractivity (Wildman–Crippen MR) is 107 cm³/mol. The number of ether oxygens (including phenoxy) is 1. The van der Waals surface area contributed by atoms with Crippen molar-refractivity contribution in [1.29, 1.82) is 0 Å². The third kappa shape index (κ3) is 4.53.